The summed E-state index contributed by atoms with van der Waals surface area (Å²) in [4.78, 5) is 35.8. The second kappa shape index (κ2) is 12.1. The molecule has 1 amide bonds. The van der Waals surface area contributed by atoms with Crippen molar-refractivity contribution >= 4 is 23.0 Å². The molecule has 1 aromatic carbocycles. The van der Waals surface area contributed by atoms with E-state index in [2.05, 4.69) is 9.88 Å². The molecule has 0 bridgehead atoms. The lowest BCUT2D eigenvalue weighted by molar-refractivity contribution is -0.129. The van der Waals surface area contributed by atoms with Crippen molar-refractivity contribution in [2.45, 2.75) is 40.2 Å². The van der Waals surface area contributed by atoms with Crippen LogP contribution in [0.15, 0.2) is 29.5 Å². The average molecular weight is 530 g/mol. The molecule has 9 nitrogen and oxygen atoms in total. The number of rotatable bonds is 11. The first-order chi connectivity index (χ1) is 17.8. The topological polar surface area (TPSA) is 101 Å². The van der Waals surface area contributed by atoms with Crippen molar-refractivity contribution in [2.24, 2.45) is 0 Å². The van der Waals surface area contributed by atoms with Gasteiger partial charge in [0.25, 0.3) is 5.91 Å². The lowest BCUT2D eigenvalue weighted by Crippen LogP contribution is -2.43. The largest absolute Gasteiger partial charge is 0.503 e. The number of hydrogen-bond donors (Lipinski definition) is 1. The van der Waals surface area contributed by atoms with E-state index in [0.717, 1.165) is 24.5 Å². The van der Waals surface area contributed by atoms with E-state index in [0.29, 0.717) is 67.2 Å². The van der Waals surface area contributed by atoms with Crippen LogP contribution in [0.2, 0.25) is 0 Å². The normalized spacial score (nSPS) is 18.5. The van der Waals surface area contributed by atoms with Crippen molar-refractivity contribution < 1.29 is 28.9 Å². The summed E-state index contributed by atoms with van der Waals surface area (Å²) in [5.41, 5.74) is 1.33. The Morgan fingerprint density at radius 2 is 1.92 bits per heavy atom. The molecular weight excluding hydrogens is 494 g/mol. The van der Waals surface area contributed by atoms with Gasteiger partial charge in [-0.15, -0.1) is 11.3 Å². The number of carbonyl (C=O) groups excluding carboxylic acids is 2. The van der Waals surface area contributed by atoms with Crippen molar-refractivity contribution in [1.82, 2.24) is 14.8 Å². The van der Waals surface area contributed by atoms with Gasteiger partial charge in [0, 0.05) is 26.2 Å². The molecule has 2 aliphatic rings. The molecule has 0 radical (unpaired) electrons. The van der Waals surface area contributed by atoms with E-state index in [4.69, 9.17) is 14.2 Å². The van der Waals surface area contributed by atoms with Crippen LogP contribution in [0.25, 0.3) is 0 Å². The van der Waals surface area contributed by atoms with E-state index in [9.17, 15) is 14.7 Å². The third kappa shape index (κ3) is 5.81. The molecule has 0 spiro atoms. The molecule has 200 valence electrons. The van der Waals surface area contributed by atoms with Gasteiger partial charge in [0.1, 0.15) is 0 Å². The van der Waals surface area contributed by atoms with Gasteiger partial charge in [0.15, 0.2) is 17.3 Å². The third-order valence-electron chi connectivity index (χ3n) is 6.46. The molecule has 1 saturated heterocycles. The molecule has 2 aliphatic heterocycles. The number of ether oxygens (including phenoxy) is 3. The van der Waals surface area contributed by atoms with Gasteiger partial charge >= 0.3 is 0 Å². The number of hydrogen-bond acceptors (Lipinski definition) is 9. The molecule has 0 aliphatic carbocycles. The number of carbonyl (C=O) groups is 2. The van der Waals surface area contributed by atoms with Crippen molar-refractivity contribution in [3.63, 3.8) is 0 Å². The first kappa shape index (κ1) is 27.1. The van der Waals surface area contributed by atoms with Crippen molar-refractivity contribution in [3.8, 4) is 11.5 Å². The highest BCUT2D eigenvalue weighted by atomic mass is 32.1. The Balaban J connectivity index is 1.73. The zero-order chi connectivity index (χ0) is 26.5. The molecule has 10 heteroatoms. The van der Waals surface area contributed by atoms with Gasteiger partial charge in [-0.25, -0.2) is 4.98 Å². The quantitative estimate of drug-likeness (QED) is 0.438. The maximum atomic E-state index is 13.8. The summed E-state index contributed by atoms with van der Waals surface area (Å²) in [6.45, 7) is 12.3. The number of aryl methyl sites for hydroxylation is 2. The summed E-state index contributed by atoms with van der Waals surface area (Å²) in [5, 5.41) is 11.8. The van der Waals surface area contributed by atoms with Crippen LogP contribution in [0.5, 0.6) is 11.5 Å². The highest BCUT2D eigenvalue weighted by molar-refractivity contribution is 7.14. The summed E-state index contributed by atoms with van der Waals surface area (Å²) in [7, 11) is 0. The van der Waals surface area contributed by atoms with Crippen LogP contribution in [0.1, 0.15) is 52.2 Å². The molecule has 1 N–H and O–H groups in total. The van der Waals surface area contributed by atoms with E-state index in [1.807, 2.05) is 32.9 Å². The third-order valence-corrected chi connectivity index (χ3v) is 7.54. The SMILES string of the molecule is CCCOc1ccc(C2C(C(=O)c3sc(C)nc3C)=C(O)C(=O)N2CCN2CCOCC2)cc1OCC. The van der Waals surface area contributed by atoms with Crippen LogP contribution in [0, 0.1) is 13.8 Å². The van der Waals surface area contributed by atoms with Gasteiger partial charge in [-0.3, -0.25) is 14.5 Å². The minimum Gasteiger partial charge on any atom is -0.503 e. The zero-order valence-corrected chi connectivity index (χ0v) is 22.7. The number of aliphatic hydroxyl groups excluding tert-OH is 1. The second-order valence-corrected chi connectivity index (χ2v) is 10.3. The minimum absolute atomic E-state index is 0.0726. The Morgan fingerprint density at radius 1 is 1.16 bits per heavy atom. The molecule has 2 aromatic rings. The van der Waals surface area contributed by atoms with Crippen LogP contribution in [-0.2, 0) is 9.53 Å². The standard InChI is InChI=1S/C27H35N3O6S/c1-5-13-36-20-8-7-19(16-21(20)35-6-2)23-22(24(31)26-17(3)28-18(4)37-26)25(32)27(33)30(23)10-9-29-11-14-34-15-12-29/h7-8,16,23,32H,5-6,9-15H2,1-4H3. The average Bonchev–Trinajstić information content (AvgIpc) is 3.37. The Morgan fingerprint density at radius 3 is 2.57 bits per heavy atom. The second-order valence-electron chi connectivity index (χ2n) is 9.08. The Bertz CT molecular complexity index is 1170. The summed E-state index contributed by atoms with van der Waals surface area (Å²) in [5.74, 6) is -0.294. The first-order valence-corrected chi connectivity index (χ1v) is 13.6. The van der Waals surface area contributed by atoms with Crippen LogP contribution in [-0.4, -0.2) is 84.2 Å². The molecule has 1 atom stereocenters. The van der Waals surface area contributed by atoms with Crippen molar-refractivity contribution in [3.05, 3.63) is 50.7 Å². The minimum atomic E-state index is -0.762. The fourth-order valence-electron chi connectivity index (χ4n) is 4.70. The molecule has 37 heavy (non-hydrogen) atoms. The first-order valence-electron chi connectivity index (χ1n) is 12.8. The molecule has 1 aromatic heterocycles. The lowest BCUT2D eigenvalue weighted by Gasteiger charge is -2.32. The maximum Gasteiger partial charge on any atom is 0.290 e. The molecule has 1 fully saturated rings. The number of ketones is 1. The van der Waals surface area contributed by atoms with Crippen LogP contribution < -0.4 is 9.47 Å². The van der Waals surface area contributed by atoms with Gasteiger partial charge in [-0.2, -0.15) is 0 Å². The molecular formula is C27H35N3O6S. The molecule has 4 rings (SSSR count). The number of thiazole rings is 1. The lowest BCUT2D eigenvalue weighted by atomic mass is 9.94. The number of nitrogens with zero attached hydrogens (tertiary/aromatic N) is 3. The number of aromatic nitrogens is 1. The molecule has 1 unspecified atom stereocenters. The van der Waals surface area contributed by atoms with Gasteiger partial charge in [0.2, 0.25) is 5.78 Å². The summed E-state index contributed by atoms with van der Waals surface area (Å²) in [6.07, 6.45) is 0.850. The van der Waals surface area contributed by atoms with Gasteiger partial charge in [-0.1, -0.05) is 13.0 Å². The number of aliphatic hydroxyl groups is 1. The Kier molecular flexibility index (Phi) is 8.83. The van der Waals surface area contributed by atoms with Gasteiger partial charge in [-0.05, 0) is 44.9 Å². The molecule has 3 heterocycles. The highest BCUT2D eigenvalue weighted by Crippen LogP contribution is 2.42. The van der Waals surface area contributed by atoms with Gasteiger partial charge in [0.05, 0.1) is 53.6 Å². The molecule has 0 saturated carbocycles. The maximum absolute atomic E-state index is 13.8. The summed E-state index contributed by atoms with van der Waals surface area (Å²) in [6, 6.07) is 4.69. The van der Waals surface area contributed by atoms with E-state index in [1.165, 1.54) is 11.3 Å². The van der Waals surface area contributed by atoms with E-state index in [-0.39, 0.29) is 11.4 Å². The van der Waals surface area contributed by atoms with Crippen LogP contribution in [0.4, 0.5) is 0 Å². The van der Waals surface area contributed by atoms with E-state index < -0.39 is 17.7 Å². The fourth-order valence-corrected chi connectivity index (χ4v) is 5.57. The Labute approximate surface area is 221 Å². The van der Waals surface area contributed by atoms with Crippen molar-refractivity contribution in [2.75, 3.05) is 52.6 Å². The zero-order valence-electron chi connectivity index (χ0n) is 21.9. The number of amides is 1. The number of Topliss-reactive ketones (excluding diaryl/α,β-unsaturated/α-hetero) is 1. The predicted molar refractivity (Wildman–Crippen MR) is 141 cm³/mol. The Hall–Kier alpha value is -2.95. The summed E-state index contributed by atoms with van der Waals surface area (Å²) < 4.78 is 17.2. The highest BCUT2D eigenvalue weighted by Gasteiger charge is 2.44. The van der Waals surface area contributed by atoms with Crippen molar-refractivity contribution in [1.29, 1.82) is 0 Å². The van der Waals surface area contributed by atoms with Crippen LogP contribution in [0.3, 0.4) is 0 Å². The van der Waals surface area contributed by atoms with Crippen LogP contribution >= 0.6 is 11.3 Å². The smallest absolute Gasteiger partial charge is 0.290 e. The number of benzene rings is 1. The predicted octanol–water partition coefficient (Wildman–Crippen LogP) is 3.86. The monoisotopic (exact) mass is 529 g/mol. The summed E-state index contributed by atoms with van der Waals surface area (Å²) >= 11 is 1.27. The van der Waals surface area contributed by atoms with E-state index >= 15 is 0 Å². The fraction of sp³-hybridized carbons (Fsp3) is 0.519. The van der Waals surface area contributed by atoms with Gasteiger partial charge < -0.3 is 24.2 Å². The number of morpholine rings is 1. The van der Waals surface area contributed by atoms with E-state index in [1.54, 1.807) is 17.9 Å².